The number of carbonyl (C=O) groups is 1. The smallest absolute Gasteiger partial charge is 0.223 e. The van der Waals surface area contributed by atoms with E-state index in [0.717, 1.165) is 23.5 Å². The number of fused-ring (bicyclic) bond motifs is 2. The Hall–Kier alpha value is -0.940. The van der Waals surface area contributed by atoms with Gasteiger partial charge in [0, 0.05) is 23.0 Å². The molecule has 1 heterocycles. The zero-order valence-corrected chi connectivity index (χ0v) is 14.6. The van der Waals surface area contributed by atoms with Gasteiger partial charge in [-0.05, 0) is 58.3 Å². The normalized spacial score (nSPS) is 31.8. The molecule has 2 bridgehead atoms. The highest BCUT2D eigenvalue weighted by Crippen LogP contribution is 2.42. The molecule has 0 spiro atoms. The zero-order valence-electron chi connectivity index (χ0n) is 13.8. The Bertz CT molecular complexity index is 540. The van der Waals surface area contributed by atoms with E-state index in [1.54, 1.807) is 11.3 Å². The van der Waals surface area contributed by atoms with Crippen LogP contribution in [0.1, 0.15) is 56.7 Å². The Labute approximate surface area is 136 Å². The zero-order chi connectivity index (χ0) is 15.9. The summed E-state index contributed by atoms with van der Waals surface area (Å²) in [5, 5.41) is 6.24. The number of hydrogen-bond acceptors (Lipinski definition) is 4. The van der Waals surface area contributed by atoms with Crippen LogP contribution in [0, 0.1) is 24.7 Å². The molecule has 0 aliphatic heterocycles. The molecule has 3 N–H and O–H groups in total. The lowest BCUT2D eigenvalue weighted by Crippen LogP contribution is -2.51. The van der Waals surface area contributed by atoms with E-state index >= 15 is 0 Å². The number of carbonyl (C=O) groups excluding carboxylic acids is 1. The molecule has 4 nitrogen and oxygen atoms in total. The summed E-state index contributed by atoms with van der Waals surface area (Å²) in [6.07, 6.45) is 5.57. The summed E-state index contributed by atoms with van der Waals surface area (Å²) in [5.41, 5.74) is 6.94. The van der Waals surface area contributed by atoms with Crippen molar-refractivity contribution < 1.29 is 4.79 Å². The number of rotatable bonds is 3. The molecule has 1 aromatic heterocycles. The minimum atomic E-state index is -0.398. The van der Waals surface area contributed by atoms with Crippen molar-refractivity contribution in [1.82, 2.24) is 10.3 Å². The molecule has 1 amide bonds. The lowest BCUT2D eigenvalue weighted by atomic mass is 9.65. The van der Waals surface area contributed by atoms with Crippen molar-refractivity contribution in [3.63, 3.8) is 0 Å². The molecule has 2 aliphatic carbocycles. The van der Waals surface area contributed by atoms with Crippen molar-refractivity contribution in [1.29, 1.82) is 0 Å². The highest BCUT2D eigenvalue weighted by molar-refractivity contribution is 7.09. The fourth-order valence-electron chi connectivity index (χ4n) is 4.11. The van der Waals surface area contributed by atoms with E-state index in [0.29, 0.717) is 17.9 Å². The predicted octanol–water partition coefficient (Wildman–Crippen LogP) is 2.96. The van der Waals surface area contributed by atoms with Gasteiger partial charge in [-0.1, -0.05) is 6.42 Å². The lowest BCUT2D eigenvalue weighted by Gasteiger charge is -2.44. The molecule has 0 radical (unpaired) electrons. The minimum absolute atomic E-state index is 0.121. The van der Waals surface area contributed by atoms with Crippen LogP contribution in [-0.4, -0.2) is 16.9 Å². The van der Waals surface area contributed by atoms with Crippen LogP contribution >= 0.6 is 11.3 Å². The van der Waals surface area contributed by atoms with Gasteiger partial charge in [-0.15, -0.1) is 11.3 Å². The van der Waals surface area contributed by atoms with Crippen LogP contribution in [0.15, 0.2) is 5.38 Å². The van der Waals surface area contributed by atoms with Gasteiger partial charge >= 0.3 is 0 Å². The van der Waals surface area contributed by atoms with Gasteiger partial charge in [-0.3, -0.25) is 4.79 Å². The summed E-state index contributed by atoms with van der Waals surface area (Å²) in [6.45, 7) is 6.07. The third-order valence-corrected chi connectivity index (χ3v) is 6.66. The fraction of sp³-hybridized carbons (Fsp3) is 0.765. The predicted molar refractivity (Wildman–Crippen MR) is 89.6 cm³/mol. The molecule has 3 rings (SSSR count). The molecule has 2 fully saturated rings. The fourth-order valence-corrected chi connectivity index (χ4v) is 4.99. The molecule has 22 heavy (non-hydrogen) atoms. The summed E-state index contributed by atoms with van der Waals surface area (Å²) in [5.74, 6) is 1.37. The van der Waals surface area contributed by atoms with E-state index in [9.17, 15) is 4.79 Å². The quantitative estimate of drug-likeness (QED) is 0.899. The molecule has 122 valence electrons. The van der Waals surface area contributed by atoms with Crippen LogP contribution in [0.25, 0.3) is 0 Å². The van der Waals surface area contributed by atoms with Crippen LogP contribution < -0.4 is 11.1 Å². The number of hydrogen-bond donors (Lipinski definition) is 2. The van der Waals surface area contributed by atoms with Crippen molar-refractivity contribution in [3.05, 3.63) is 16.1 Å². The summed E-state index contributed by atoms with van der Waals surface area (Å²) in [4.78, 5) is 17.3. The van der Waals surface area contributed by atoms with Gasteiger partial charge in [0.2, 0.25) is 5.91 Å². The van der Waals surface area contributed by atoms with E-state index in [4.69, 9.17) is 5.73 Å². The molecule has 2 atom stereocenters. The maximum Gasteiger partial charge on any atom is 0.223 e. The van der Waals surface area contributed by atoms with Crippen LogP contribution in [0.3, 0.4) is 0 Å². The average molecular weight is 321 g/mol. The number of aromatic nitrogens is 1. The van der Waals surface area contributed by atoms with Crippen LogP contribution in [0.2, 0.25) is 0 Å². The second kappa shape index (κ2) is 5.93. The first kappa shape index (κ1) is 15.9. The number of aryl methyl sites for hydroxylation is 1. The molecule has 2 saturated carbocycles. The topological polar surface area (TPSA) is 68.0 Å². The van der Waals surface area contributed by atoms with Crippen molar-refractivity contribution in [2.45, 2.75) is 64.5 Å². The van der Waals surface area contributed by atoms with Crippen molar-refractivity contribution in [2.24, 2.45) is 23.5 Å². The van der Waals surface area contributed by atoms with E-state index < -0.39 is 5.54 Å². The largest absolute Gasteiger partial charge is 0.344 e. The Kier molecular flexibility index (Phi) is 4.29. The third-order valence-electron chi connectivity index (χ3n) is 5.37. The SMILES string of the molecule is Cc1csc(C(C)(C)NC(=O)C2CC3CCCC(C2)C3N)n1. The van der Waals surface area contributed by atoms with Crippen molar-refractivity contribution in [2.75, 3.05) is 0 Å². The van der Waals surface area contributed by atoms with Gasteiger partial charge in [0.05, 0.1) is 5.54 Å². The molecule has 5 heteroatoms. The second-order valence-electron chi connectivity index (χ2n) is 7.61. The molecular formula is C17H27N3OS. The first-order chi connectivity index (χ1) is 10.4. The van der Waals surface area contributed by atoms with Gasteiger partial charge in [0.25, 0.3) is 0 Å². The van der Waals surface area contributed by atoms with E-state index in [1.807, 2.05) is 26.2 Å². The monoisotopic (exact) mass is 321 g/mol. The number of nitrogens with two attached hydrogens (primary N) is 1. The van der Waals surface area contributed by atoms with Gasteiger partial charge < -0.3 is 11.1 Å². The maximum absolute atomic E-state index is 12.8. The Balaban J connectivity index is 1.67. The van der Waals surface area contributed by atoms with Crippen molar-refractivity contribution >= 4 is 17.2 Å². The third kappa shape index (κ3) is 3.06. The molecule has 0 aromatic carbocycles. The first-order valence-corrected chi connectivity index (χ1v) is 9.25. The number of thiazole rings is 1. The van der Waals surface area contributed by atoms with Gasteiger partial charge in [-0.2, -0.15) is 0 Å². The molecule has 2 aliphatic rings. The minimum Gasteiger partial charge on any atom is -0.344 e. The maximum atomic E-state index is 12.8. The van der Waals surface area contributed by atoms with Crippen LogP contribution in [0.4, 0.5) is 0 Å². The van der Waals surface area contributed by atoms with E-state index in [-0.39, 0.29) is 11.8 Å². The lowest BCUT2D eigenvalue weighted by molar-refractivity contribution is -0.129. The summed E-state index contributed by atoms with van der Waals surface area (Å²) in [7, 11) is 0. The molecular weight excluding hydrogens is 294 g/mol. The molecule has 1 aromatic rings. The second-order valence-corrected chi connectivity index (χ2v) is 8.46. The Morgan fingerprint density at radius 1 is 1.36 bits per heavy atom. The first-order valence-electron chi connectivity index (χ1n) is 8.37. The van der Waals surface area contributed by atoms with Gasteiger partial charge in [-0.25, -0.2) is 4.98 Å². The van der Waals surface area contributed by atoms with Crippen LogP contribution in [0.5, 0.6) is 0 Å². The average Bonchev–Trinajstić information content (AvgIpc) is 2.85. The Morgan fingerprint density at radius 3 is 2.55 bits per heavy atom. The highest BCUT2D eigenvalue weighted by Gasteiger charge is 2.41. The summed E-state index contributed by atoms with van der Waals surface area (Å²) in [6, 6.07) is 0.312. The van der Waals surface area contributed by atoms with Gasteiger partial charge in [0.1, 0.15) is 5.01 Å². The number of amides is 1. The molecule has 2 unspecified atom stereocenters. The van der Waals surface area contributed by atoms with E-state index in [2.05, 4.69) is 10.3 Å². The van der Waals surface area contributed by atoms with Gasteiger partial charge in [0.15, 0.2) is 0 Å². The summed E-state index contributed by atoms with van der Waals surface area (Å²) < 4.78 is 0. The van der Waals surface area contributed by atoms with Crippen molar-refractivity contribution in [3.8, 4) is 0 Å². The highest BCUT2D eigenvalue weighted by atomic mass is 32.1. The summed E-state index contributed by atoms with van der Waals surface area (Å²) >= 11 is 1.62. The standard InChI is InChI=1S/C17H27N3OS/c1-10-9-22-16(19-10)17(2,3)20-15(21)13-7-11-5-4-6-12(8-13)14(11)18/h9,11-14H,4-8,18H2,1-3H3,(H,20,21). The Morgan fingerprint density at radius 2 is 2.00 bits per heavy atom. The van der Waals surface area contributed by atoms with Crippen LogP contribution in [-0.2, 0) is 10.3 Å². The molecule has 0 saturated heterocycles. The number of nitrogens with zero attached hydrogens (tertiary/aromatic N) is 1. The number of nitrogens with one attached hydrogen (secondary N) is 1. The van der Waals surface area contributed by atoms with E-state index in [1.165, 1.54) is 19.3 Å².